The molecule has 0 saturated heterocycles. The Morgan fingerprint density at radius 1 is 1.22 bits per heavy atom. The maximum atomic E-state index is 7.75. The van der Waals surface area contributed by atoms with E-state index >= 15 is 0 Å². The van der Waals surface area contributed by atoms with E-state index in [1.807, 2.05) is 30.3 Å². The summed E-state index contributed by atoms with van der Waals surface area (Å²) in [5.41, 5.74) is 7.25. The van der Waals surface area contributed by atoms with Crippen LogP contribution in [0.5, 0.6) is 0 Å². The molecule has 6 heteroatoms. The molecule has 92 valence electrons. The van der Waals surface area contributed by atoms with Crippen LogP contribution in [0.3, 0.4) is 0 Å². The van der Waals surface area contributed by atoms with Crippen LogP contribution in [0, 0.1) is 5.41 Å². The third kappa shape index (κ3) is 2.76. The predicted molar refractivity (Wildman–Crippen MR) is 77.6 cm³/mol. The Balaban J connectivity index is 2.52. The summed E-state index contributed by atoms with van der Waals surface area (Å²) in [6.07, 6.45) is 1.60. The van der Waals surface area contributed by atoms with Crippen molar-refractivity contribution in [2.24, 2.45) is 5.73 Å². The van der Waals surface area contributed by atoms with Gasteiger partial charge in [0.05, 0.1) is 17.8 Å². The van der Waals surface area contributed by atoms with Crippen LogP contribution in [-0.2, 0) is 0 Å². The fraction of sp³-hybridized carbons (Fsp3) is 0.0833. The van der Waals surface area contributed by atoms with Gasteiger partial charge in [0.25, 0.3) is 0 Å². The van der Waals surface area contributed by atoms with Gasteiger partial charge in [-0.25, -0.2) is 4.98 Å². The lowest BCUT2D eigenvalue weighted by atomic mass is 9.95. The van der Waals surface area contributed by atoms with Gasteiger partial charge in [-0.05, 0) is 37.4 Å². The van der Waals surface area contributed by atoms with Crippen LogP contribution < -0.4 is 5.73 Å². The summed E-state index contributed by atoms with van der Waals surface area (Å²) in [5.74, 6) is -0.348. The molecule has 2 aromatic rings. The van der Waals surface area contributed by atoms with Crippen LogP contribution in [0.4, 0.5) is 0 Å². The molecular weight excluding hydrogens is 360 g/mol. The van der Waals surface area contributed by atoms with Crippen LogP contribution in [0.2, 0.25) is 0 Å². The molecule has 2 rings (SSSR count). The molecule has 0 aliphatic carbocycles. The van der Waals surface area contributed by atoms with E-state index in [1.165, 1.54) is 0 Å². The highest BCUT2D eigenvalue weighted by molar-refractivity contribution is 9.11. The molecule has 0 bridgehead atoms. The summed E-state index contributed by atoms with van der Waals surface area (Å²) in [4.78, 5) is 8.52. The second-order valence-electron chi connectivity index (χ2n) is 3.67. The van der Waals surface area contributed by atoms with Crippen molar-refractivity contribution in [1.82, 2.24) is 9.97 Å². The highest BCUT2D eigenvalue weighted by atomic mass is 79.9. The standard InChI is InChI=1S/C12H10Br2N4/c13-8-6-17-10(11(14)18-8)9(12(15)16)7-4-2-1-3-5-7/h1-6,9H,(H3,15,16). The van der Waals surface area contributed by atoms with Crippen LogP contribution >= 0.6 is 31.9 Å². The number of nitrogens with one attached hydrogen (secondary N) is 1. The van der Waals surface area contributed by atoms with E-state index in [0.29, 0.717) is 14.9 Å². The molecule has 0 radical (unpaired) electrons. The van der Waals surface area contributed by atoms with Gasteiger partial charge in [-0.15, -0.1) is 0 Å². The molecule has 1 heterocycles. The van der Waals surface area contributed by atoms with Gasteiger partial charge in [0.1, 0.15) is 15.0 Å². The highest BCUT2D eigenvalue weighted by Gasteiger charge is 2.22. The lowest BCUT2D eigenvalue weighted by Gasteiger charge is -2.16. The van der Waals surface area contributed by atoms with E-state index in [0.717, 1.165) is 5.56 Å². The van der Waals surface area contributed by atoms with Crippen molar-refractivity contribution in [2.45, 2.75) is 5.92 Å². The quantitative estimate of drug-likeness (QED) is 0.644. The van der Waals surface area contributed by atoms with Crippen LogP contribution in [-0.4, -0.2) is 15.8 Å². The van der Waals surface area contributed by atoms with E-state index in [4.69, 9.17) is 11.1 Å². The summed E-state index contributed by atoms with van der Waals surface area (Å²) < 4.78 is 1.22. The van der Waals surface area contributed by atoms with Gasteiger partial charge in [-0.2, -0.15) is 0 Å². The highest BCUT2D eigenvalue weighted by Crippen LogP contribution is 2.28. The van der Waals surface area contributed by atoms with Crippen LogP contribution in [0.25, 0.3) is 0 Å². The first-order chi connectivity index (χ1) is 8.59. The molecule has 18 heavy (non-hydrogen) atoms. The number of amidine groups is 1. The van der Waals surface area contributed by atoms with Crippen molar-refractivity contribution in [3.63, 3.8) is 0 Å². The maximum absolute atomic E-state index is 7.75. The summed E-state index contributed by atoms with van der Waals surface area (Å²) in [7, 11) is 0. The Bertz CT molecular complexity index is 572. The zero-order valence-corrected chi connectivity index (χ0v) is 12.4. The summed E-state index contributed by atoms with van der Waals surface area (Å²) >= 11 is 6.61. The van der Waals surface area contributed by atoms with E-state index in [2.05, 4.69) is 41.8 Å². The number of hydrogen-bond donors (Lipinski definition) is 2. The third-order valence-corrected chi connectivity index (χ3v) is 3.41. The topological polar surface area (TPSA) is 75.7 Å². The zero-order chi connectivity index (χ0) is 13.1. The molecule has 3 N–H and O–H groups in total. The molecule has 1 atom stereocenters. The van der Waals surface area contributed by atoms with Gasteiger partial charge >= 0.3 is 0 Å². The monoisotopic (exact) mass is 368 g/mol. The van der Waals surface area contributed by atoms with Crippen molar-refractivity contribution in [1.29, 1.82) is 5.41 Å². The Kier molecular flexibility index (Phi) is 4.08. The first kappa shape index (κ1) is 13.2. The van der Waals surface area contributed by atoms with Crippen LogP contribution in [0.1, 0.15) is 17.2 Å². The summed E-state index contributed by atoms with van der Waals surface area (Å²) in [6, 6.07) is 9.57. The molecule has 0 fully saturated rings. The lowest BCUT2D eigenvalue weighted by molar-refractivity contribution is 0.926. The molecule has 0 aliphatic heterocycles. The summed E-state index contributed by atoms with van der Waals surface area (Å²) in [6.45, 7) is 0. The zero-order valence-electron chi connectivity index (χ0n) is 9.27. The van der Waals surface area contributed by atoms with Gasteiger partial charge < -0.3 is 5.73 Å². The largest absolute Gasteiger partial charge is 0.387 e. The van der Waals surface area contributed by atoms with E-state index in [-0.39, 0.29) is 11.8 Å². The lowest BCUT2D eigenvalue weighted by Crippen LogP contribution is -2.23. The van der Waals surface area contributed by atoms with Gasteiger partial charge in [0.15, 0.2) is 0 Å². The Labute approximate surface area is 121 Å². The number of hydrogen-bond acceptors (Lipinski definition) is 3. The molecule has 0 spiro atoms. The number of benzene rings is 1. The first-order valence-electron chi connectivity index (χ1n) is 5.16. The second kappa shape index (κ2) is 5.58. The smallest absolute Gasteiger partial charge is 0.130 e. The van der Waals surface area contributed by atoms with Gasteiger partial charge in [-0.3, -0.25) is 10.4 Å². The van der Waals surface area contributed by atoms with Crippen molar-refractivity contribution in [3.8, 4) is 0 Å². The van der Waals surface area contributed by atoms with Gasteiger partial charge in [-0.1, -0.05) is 30.3 Å². The average molecular weight is 370 g/mol. The number of rotatable bonds is 3. The van der Waals surface area contributed by atoms with Crippen LogP contribution in [0.15, 0.2) is 45.7 Å². The molecule has 0 amide bonds. The number of aromatic nitrogens is 2. The maximum Gasteiger partial charge on any atom is 0.130 e. The van der Waals surface area contributed by atoms with Gasteiger partial charge in [0, 0.05) is 0 Å². The minimum absolute atomic E-state index is 0.0403. The Hall–Kier alpha value is -1.27. The van der Waals surface area contributed by atoms with Crippen molar-refractivity contribution in [3.05, 3.63) is 57.0 Å². The molecular formula is C12H10Br2N4. The molecule has 0 aliphatic rings. The second-order valence-corrected chi connectivity index (χ2v) is 5.23. The Morgan fingerprint density at radius 3 is 2.44 bits per heavy atom. The fourth-order valence-corrected chi connectivity index (χ4v) is 2.72. The SMILES string of the molecule is N=C(N)C(c1ccccc1)c1ncc(Br)nc1Br. The normalized spacial score (nSPS) is 12.1. The van der Waals surface area contributed by atoms with Crippen molar-refractivity contribution < 1.29 is 0 Å². The minimum Gasteiger partial charge on any atom is -0.387 e. The molecule has 1 unspecified atom stereocenters. The van der Waals surface area contributed by atoms with E-state index < -0.39 is 0 Å². The summed E-state index contributed by atoms with van der Waals surface area (Å²) in [5, 5.41) is 7.75. The van der Waals surface area contributed by atoms with E-state index in [9.17, 15) is 0 Å². The number of nitrogens with two attached hydrogens (primary N) is 1. The predicted octanol–water partition coefficient (Wildman–Crippen LogP) is 3.07. The number of halogens is 2. The molecule has 1 aromatic carbocycles. The molecule has 0 saturated carbocycles. The van der Waals surface area contributed by atoms with E-state index in [1.54, 1.807) is 6.20 Å². The van der Waals surface area contributed by atoms with Crippen molar-refractivity contribution in [2.75, 3.05) is 0 Å². The minimum atomic E-state index is -0.388. The van der Waals surface area contributed by atoms with Crippen molar-refractivity contribution >= 4 is 37.7 Å². The van der Waals surface area contributed by atoms with Gasteiger partial charge in [0.2, 0.25) is 0 Å². The molecule has 1 aromatic heterocycles. The average Bonchev–Trinajstić information content (AvgIpc) is 2.33. The molecule has 4 nitrogen and oxygen atoms in total. The first-order valence-corrected chi connectivity index (χ1v) is 6.75. The fourth-order valence-electron chi connectivity index (χ4n) is 1.68. The third-order valence-electron chi connectivity index (χ3n) is 2.44. The Morgan fingerprint density at radius 2 is 1.89 bits per heavy atom. The number of nitrogens with zero attached hydrogens (tertiary/aromatic N) is 2.